The fraction of sp³-hybridized carbons (Fsp3) is 0.182. The summed E-state index contributed by atoms with van der Waals surface area (Å²) in [5.74, 6) is 0. The maximum Gasteiger partial charge on any atom is 4.00 e. The molecule has 3 rings (SSSR count). The van der Waals surface area contributed by atoms with Gasteiger partial charge in [-0.1, -0.05) is 20.3 Å². The van der Waals surface area contributed by atoms with E-state index in [1.54, 1.807) is 0 Å². The molecule has 0 unspecified atom stereocenters. The predicted octanol–water partition coefficient (Wildman–Crippen LogP) is 6.30. The van der Waals surface area contributed by atoms with Crippen LogP contribution in [0.4, 0.5) is 0 Å². The summed E-state index contributed by atoms with van der Waals surface area (Å²) >= 11 is 0. The Balaban J connectivity index is 0.000000362. The van der Waals surface area contributed by atoms with E-state index in [0.717, 1.165) is 12.8 Å². The van der Waals surface area contributed by atoms with Crippen LogP contribution >= 0.6 is 0 Å². The van der Waals surface area contributed by atoms with Crippen LogP contribution in [0.2, 0.25) is 0 Å². The number of hydrogen-bond donors (Lipinski definition) is 0. The van der Waals surface area contributed by atoms with E-state index in [0.29, 0.717) is 0 Å². The van der Waals surface area contributed by atoms with Gasteiger partial charge in [-0.2, -0.15) is 48.5 Å². The van der Waals surface area contributed by atoms with Crippen LogP contribution in [-0.2, 0) is 26.2 Å². The number of allylic oxidation sites excluding steroid dienone is 2. The molecular formula is C22H24Zr. The average Bonchev–Trinajstić information content (AvgIpc) is 3.32. The number of hydrogen-bond acceptors (Lipinski definition) is 0. The Morgan fingerprint density at radius 2 is 1.48 bits per heavy atom. The first kappa shape index (κ1) is 21.5. The third-order valence-corrected chi connectivity index (χ3v) is 2.89. The zero-order chi connectivity index (χ0) is 15.9. The monoisotopic (exact) mass is 378 g/mol. The third-order valence-electron chi connectivity index (χ3n) is 2.89. The molecule has 0 aliphatic carbocycles. The van der Waals surface area contributed by atoms with Gasteiger partial charge in [-0.15, -0.1) is 12.5 Å². The minimum atomic E-state index is 0. The quantitative estimate of drug-likeness (QED) is 0.468. The van der Waals surface area contributed by atoms with Crippen LogP contribution in [-0.4, -0.2) is 0 Å². The summed E-state index contributed by atoms with van der Waals surface area (Å²) in [7, 11) is 0. The van der Waals surface area contributed by atoms with Crippen LogP contribution in [0.15, 0.2) is 84.9 Å². The number of rotatable bonds is 3. The van der Waals surface area contributed by atoms with Crippen LogP contribution in [0.3, 0.4) is 0 Å². The van der Waals surface area contributed by atoms with Gasteiger partial charge in [0.1, 0.15) is 0 Å². The molecule has 0 saturated heterocycles. The van der Waals surface area contributed by atoms with E-state index in [-0.39, 0.29) is 26.2 Å². The molecule has 3 aromatic rings. The van der Waals surface area contributed by atoms with Gasteiger partial charge in [-0.25, -0.2) is 36.4 Å². The van der Waals surface area contributed by atoms with Gasteiger partial charge < -0.3 is 11.6 Å². The van der Waals surface area contributed by atoms with Crippen molar-refractivity contribution < 1.29 is 26.2 Å². The Morgan fingerprint density at radius 1 is 0.913 bits per heavy atom. The van der Waals surface area contributed by atoms with Crippen LogP contribution in [0, 0.1) is 12.1 Å². The van der Waals surface area contributed by atoms with Crippen LogP contribution in [0.5, 0.6) is 0 Å². The molecule has 0 aliphatic heterocycles. The minimum absolute atomic E-state index is 0. The van der Waals surface area contributed by atoms with Crippen molar-refractivity contribution in [2.24, 2.45) is 0 Å². The van der Waals surface area contributed by atoms with Crippen molar-refractivity contribution in [2.75, 3.05) is 0 Å². The third kappa shape index (κ3) is 10.8. The molecule has 0 bridgehead atoms. The molecular weight excluding hydrogens is 355 g/mol. The van der Waals surface area contributed by atoms with Gasteiger partial charge in [0.05, 0.1) is 0 Å². The van der Waals surface area contributed by atoms with Crippen molar-refractivity contribution in [2.45, 2.75) is 26.7 Å². The zero-order valence-electron chi connectivity index (χ0n) is 14.0. The zero-order valence-corrected chi connectivity index (χ0v) is 16.5. The molecule has 0 spiro atoms. The first-order valence-electron chi connectivity index (χ1n) is 7.78. The number of benzene rings is 1. The Morgan fingerprint density at radius 3 is 1.78 bits per heavy atom. The standard InChI is InChI=1S/C12H14.2C5H5.Zr/c1-3-8-11(4-2)12-9-6-5-7-10-12;2*1-2-4-5-3-1;/h5-7,9H,3-4H2,1-2H3;2*1-5H;/q-2;2*-1;+4. The van der Waals surface area contributed by atoms with Gasteiger partial charge in [0.2, 0.25) is 0 Å². The first-order valence-corrected chi connectivity index (χ1v) is 7.78. The Bertz CT molecular complexity index is 499. The largest absolute Gasteiger partial charge is 4.00 e. The van der Waals surface area contributed by atoms with E-state index in [4.69, 9.17) is 0 Å². The molecule has 0 radical (unpaired) electrons. The molecule has 116 valence electrons. The van der Waals surface area contributed by atoms with Gasteiger partial charge in [0.25, 0.3) is 0 Å². The van der Waals surface area contributed by atoms with E-state index in [1.807, 2.05) is 78.9 Å². The fourth-order valence-corrected chi connectivity index (χ4v) is 1.85. The van der Waals surface area contributed by atoms with E-state index in [9.17, 15) is 0 Å². The molecule has 1 heteroatoms. The topological polar surface area (TPSA) is 0 Å². The normalized spacial score (nSPS) is 9.57. The van der Waals surface area contributed by atoms with Gasteiger partial charge in [-0.05, 0) is 0 Å². The Labute approximate surface area is 160 Å². The molecule has 3 aromatic carbocycles. The van der Waals surface area contributed by atoms with Gasteiger partial charge in [0, 0.05) is 0 Å². The Kier molecular flexibility index (Phi) is 14.5. The summed E-state index contributed by atoms with van der Waals surface area (Å²) in [6.45, 7) is 4.26. The van der Waals surface area contributed by atoms with Crippen molar-refractivity contribution in [1.82, 2.24) is 0 Å². The van der Waals surface area contributed by atoms with E-state index in [1.165, 1.54) is 11.1 Å². The molecule has 0 atom stereocenters. The molecule has 0 heterocycles. The van der Waals surface area contributed by atoms with Crippen LogP contribution in [0.25, 0.3) is 5.57 Å². The second-order valence-electron chi connectivity index (χ2n) is 4.56. The van der Waals surface area contributed by atoms with Crippen molar-refractivity contribution in [3.05, 3.63) is 103 Å². The molecule has 0 saturated carbocycles. The predicted molar refractivity (Wildman–Crippen MR) is 96.6 cm³/mol. The van der Waals surface area contributed by atoms with Gasteiger partial charge in [-0.3, -0.25) is 5.57 Å². The first-order chi connectivity index (χ1) is 10.9. The molecule has 0 amide bonds. The summed E-state index contributed by atoms with van der Waals surface area (Å²) in [5.41, 5.74) is 2.46. The Hall–Kier alpha value is -1.46. The van der Waals surface area contributed by atoms with Crippen LogP contribution < -0.4 is 0 Å². The second-order valence-corrected chi connectivity index (χ2v) is 4.56. The smallest absolute Gasteiger partial charge is 0.324 e. The summed E-state index contributed by atoms with van der Waals surface area (Å²) < 4.78 is 0. The van der Waals surface area contributed by atoms with E-state index >= 15 is 0 Å². The van der Waals surface area contributed by atoms with Crippen molar-refractivity contribution >= 4 is 5.57 Å². The maximum absolute atomic E-state index is 3.33. The minimum Gasteiger partial charge on any atom is -0.324 e. The molecule has 0 fully saturated rings. The van der Waals surface area contributed by atoms with Crippen molar-refractivity contribution in [1.29, 1.82) is 0 Å². The SMILES string of the molecule is CC[C-]=C(CC)c1[c-]cccc1.[Zr+4].c1cc[cH-]c1.c1cc[cH-]c1. The van der Waals surface area contributed by atoms with Crippen LogP contribution in [0.1, 0.15) is 32.3 Å². The summed E-state index contributed by atoms with van der Waals surface area (Å²) in [4.78, 5) is 0. The van der Waals surface area contributed by atoms with E-state index < -0.39 is 0 Å². The molecule has 0 N–H and O–H groups in total. The maximum atomic E-state index is 3.33. The second kappa shape index (κ2) is 15.4. The van der Waals surface area contributed by atoms with Crippen molar-refractivity contribution in [3.63, 3.8) is 0 Å². The van der Waals surface area contributed by atoms with E-state index in [2.05, 4.69) is 32.1 Å². The molecule has 0 nitrogen and oxygen atoms in total. The molecule has 0 aliphatic rings. The van der Waals surface area contributed by atoms with Gasteiger partial charge in [0.15, 0.2) is 0 Å². The summed E-state index contributed by atoms with van der Waals surface area (Å²) in [6, 6.07) is 31.3. The molecule has 23 heavy (non-hydrogen) atoms. The van der Waals surface area contributed by atoms with Crippen molar-refractivity contribution in [3.8, 4) is 0 Å². The summed E-state index contributed by atoms with van der Waals surface area (Å²) in [5, 5.41) is 0. The molecule has 0 aromatic heterocycles. The fourth-order valence-electron chi connectivity index (χ4n) is 1.85. The average molecular weight is 380 g/mol. The van der Waals surface area contributed by atoms with Gasteiger partial charge >= 0.3 is 26.2 Å². The summed E-state index contributed by atoms with van der Waals surface area (Å²) in [6.07, 6.45) is 5.35.